The first-order valence-corrected chi connectivity index (χ1v) is 40.0. The van der Waals surface area contributed by atoms with Gasteiger partial charge in [0.2, 0.25) is 0 Å². The Morgan fingerprint density at radius 2 is 0.496 bits per heavy atom. The van der Waals surface area contributed by atoms with Crippen LogP contribution in [-0.4, -0.2) is 14.1 Å². The molecule has 0 aliphatic rings. The first kappa shape index (κ1) is 68.2. The van der Waals surface area contributed by atoms with Crippen molar-refractivity contribution in [1.82, 2.24) is 14.1 Å². The summed E-state index contributed by atoms with van der Waals surface area (Å²) in [7, 11) is 0. The van der Waals surface area contributed by atoms with Gasteiger partial charge in [-0.25, -0.2) is 0 Å². The summed E-state index contributed by atoms with van der Waals surface area (Å²) in [5.74, 6) is 0. The topological polar surface area (TPSA) is 42.4 Å². The zero-order chi connectivity index (χ0) is 77.3. The van der Waals surface area contributed by atoms with E-state index in [1.165, 1.54) is 126 Å². The van der Waals surface area contributed by atoms with Crippen LogP contribution in [0.15, 0.2) is 447 Å². The Balaban J connectivity index is 0.000000142. The van der Waals surface area contributed by atoms with Crippen molar-refractivity contribution in [2.45, 2.75) is 0 Å². The van der Waals surface area contributed by atoms with Crippen molar-refractivity contribution in [3.05, 3.63) is 443 Å². The third-order valence-electron chi connectivity index (χ3n) is 23.4. The van der Waals surface area contributed by atoms with Gasteiger partial charge in [-0.2, -0.15) is 0 Å². The molecule has 0 saturated carbocycles. The number of fused-ring (bicyclic) bond motifs is 17. The van der Waals surface area contributed by atoms with Gasteiger partial charge >= 0.3 is 0 Å². The predicted octanol–water partition coefficient (Wildman–Crippen LogP) is 30.7. The predicted molar refractivity (Wildman–Crippen MR) is 493 cm³/mol. The number of benzene rings is 19. The number of pyridine rings is 1. The molecule has 19 aromatic carbocycles. The molecule has 0 atom stereocenters. The third kappa shape index (κ3) is 12.2. The lowest BCUT2D eigenvalue weighted by molar-refractivity contribution is 0.667. The summed E-state index contributed by atoms with van der Waals surface area (Å²) in [4.78, 5) is 9.48. The minimum atomic E-state index is 0.793. The molecule has 0 radical (unpaired) electrons. The maximum atomic E-state index is 6.07. The Morgan fingerprint density at radius 3 is 0.906 bits per heavy atom. The molecule has 0 unspecified atom stereocenters. The molecular weight excluding hydrogens is 1420 g/mol. The highest BCUT2D eigenvalue weighted by Crippen LogP contribution is 2.46. The van der Waals surface area contributed by atoms with Gasteiger partial charge in [0.05, 0.1) is 34.0 Å². The van der Waals surface area contributed by atoms with Crippen LogP contribution in [-0.2, 0) is 0 Å². The second-order valence-corrected chi connectivity index (χ2v) is 30.1. The van der Waals surface area contributed by atoms with E-state index in [1.807, 2.05) is 24.4 Å². The van der Waals surface area contributed by atoms with E-state index in [2.05, 4.69) is 438 Å². The zero-order valence-electron chi connectivity index (χ0n) is 63.8. The van der Waals surface area contributed by atoms with Crippen molar-refractivity contribution < 1.29 is 4.42 Å². The van der Waals surface area contributed by atoms with Crippen molar-refractivity contribution in [2.75, 3.05) is 9.80 Å². The number of nitrogens with zero attached hydrogens (tertiary/aromatic N) is 5. The lowest BCUT2D eigenvalue weighted by Crippen LogP contribution is -2.10. The van der Waals surface area contributed by atoms with Crippen molar-refractivity contribution in [3.63, 3.8) is 0 Å². The van der Waals surface area contributed by atoms with E-state index in [0.717, 1.165) is 84.3 Å². The summed E-state index contributed by atoms with van der Waals surface area (Å²) >= 11 is 0. The summed E-state index contributed by atoms with van der Waals surface area (Å²) in [6, 6.07) is 157. The van der Waals surface area contributed by atoms with Gasteiger partial charge in [0.25, 0.3) is 0 Å². The van der Waals surface area contributed by atoms with Gasteiger partial charge in [-0.3, -0.25) is 4.98 Å². The summed E-state index contributed by atoms with van der Waals surface area (Å²) in [6.07, 6.45) is 1.84. The number of para-hydroxylation sites is 2. The van der Waals surface area contributed by atoms with E-state index in [1.54, 1.807) is 0 Å². The number of hydrogen-bond donors (Lipinski definition) is 0. The van der Waals surface area contributed by atoms with Crippen LogP contribution in [0.1, 0.15) is 0 Å². The molecular formula is C111H73N5O. The lowest BCUT2D eigenvalue weighted by atomic mass is 10.00. The summed E-state index contributed by atoms with van der Waals surface area (Å²) in [5.41, 5.74) is 26.7. The minimum absolute atomic E-state index is 0.793. The smallest absolute Gasteiger partial charge is 0.153 e. The van der Waals surface area contributed by atoms with Gasteiger partial charge in [0, 0.05) is 83.4 Å². The number of anilines is 6. The largest absolute Gasteiger partial charge is 0.454 e. The molecule has 6 heteroatoms. The molecule has 23 aromatic rings. The molecule has 117 heavy (non-hydrogen) atoms. The molecule has 23 rings (SSSR count). The molecule has 0 aliphatic heterocycles. The van der Waals surface area contributed by atoms with Crippen LogP contribution in [0, 0.1) is 0 Å². The van der Waals surface area contributed by atoms with Crippen LogP contribution in [0.4, 0.5) is 34.1 Å². The van der Waals surface area contributed by atoms with Crippen LogP contribution >= 0.6 is 0 Å². The van der Waals surface area contributed by atoms with Gasteiger partial charge in [0.15, 0.2) is 5.58 Å². The van der Waals surface area contributed by atoms with Gasteiger partial charge in [0.1, 0.15) is 5.58 Å². The molecule has 0 spiro atoms. The maximum absolute atomic E-state index is 6.07. The second kappa shape index (κ2) is 28.8. The molecule has 4 heterocycles. The Morgan fingerprint density at radius 1 is 0.197 bits per heavy atom. The Kier molecular flexibility index (Phi) is 16.8. The number of aromatic nitrogens is 3. The molecule has 6 nitrogen and oxygen atoms in total. The van der Waals surface area contributed by atoms with Crippen molar-refractivity contribution >= 4 is 143 Å². The molecule has 0 bridgehead atoms. The fraction of sp³-hybridized carbons (Fsp3) is 0. The molecule has 0 amide bonds. The Hall–Kier alpha value is -15.6. The van der Waals surface area contributed by atoms with E-state index < -0.39 is 0 Å². The fourth-order valence-electron chi connectivity index (χ4n) is 17.8. The highest BCUT2D eigenvalue weighted by Gasteiger charge is 2.23. The Labute approximate surface area is 676 Å². The van der Waals surface area contributed by atoms with E-state index in [0.29, 0.717) is 0 Å². The van der Waals surface area contributed by atoms with Crippen molar-refractivity contribution in [3.8, 4) is 67.1 Å². The highest BCUT2D eigenvalue weighted by atomic mass is 16.3. The fourth-order valence-corrected chi connectivity index (χ4v) is 17.8. The minimum Gasteiger partial charge on any atom is -0.454 e. The quantitative estimate of drug-likeness (QED) is 0.115. The first-order valence-electron chi connectivity index (χ1n) is 40.0. The number of hydrogen-bond acceptors (Lipinski definition) is 4. The van der Waals surface area contributed by atoms with E-state index in [-0.39, 0.29) is 0 Å². The van der Waals surface area contributed by atoms with Crippen LogP contribution in [0.2, 0.25) is 0 Å². The SMILES string of the molecule is c1ccc(-c2ccc(N(c3ccc(-c4ccc(-n5c6ccc7ccccc7c6c6c7ccccc7ccc65)cc4)cc3)c3cccc(-c4ccccc4)c3)cc2)cc1.c1ccc(N(c2ccc(-c3ccc(-n4c5ccc6ccccc6c5c5c6ccccc6ccc54)cc3)cc2)c2cccc(-c3cc4c(cn3)oc3ccccc34)c2)cc1. The van der Waals surface area contributed by atoms with E-state index in [9.17, 15) is 0 Å². The standard InChI is InChI=1S/C56H38N2.C55H35N3O/c1-3-12-39(13-4-1)41-22-30-47(31-23-41)57(50-19-11-18-46(38-50)40-14-5-2-6-15-40)48-32-24-42(25-33-48)43-26-34-49(35-27-43)58-53-36-28-44-16-7-9-20-51(44)55(53)56-52-21-10-8-17-45(52)29-37-54(56)58;1-2-14-41(15-3-1)57(44-16-10-13-40(33-44)49-34-48-47-19-8-9-20-52(47)59-53(48)35-56-49)42-27-21-36(22-28-42)37-23-29-43(30-24-37)58-50-31-25-38-11-4-6-17-45(38)54(50)55-46-18-7-5-12-39(46)26-32-51(55)58/h1-38H;1-35H. The van der Waals surface area contributed by atoms with Gasteiger partial charge in [-0.1, -0.05) is 303 Å². The number of furan rings is 1. The van der Waals surface area contributed by atoms with Crippen LogP contribution < -0.4 is 9.80 Å². The lowest BCUT2D eigenvalue weighted by Gasteiger charge is -2.26. The van der Waals surface area contributed by atoms with E-state index in [4.69, 9.17) is 9.40 Å². The third-order valence-corrected chi connectivity index (χ3v) is 23.4. The Bertz CT molecular complexity index is 7520. The molecule has 4 aromatic heterocycles. The molecule has 548 valence electrons. The summed E-state index contributed by atoms with van der Waals surface area (Å²) in [5, 5.41) is 17.5. The number of rotatable bonds is 13. The molecule has 0 N–H and O–H groups in total. The van der Waals surface area contributed by atoms with E-state index >= 15 is 0 Å². The average molecular weight is 1490 g/mol. The highest BCUT2D eigenvalue weighted by molar-refractivity contribution is 6.30. The second-order valence-electron chi connectivity index (χ2n) is 30.1. The van der Waals surface area contributed by atoms with Crippen LogP contribution in [0.5, 0.6) is 0 Å². The van der Waals surface area contributed by atoms with Gasteiger partial charge < -0.3 is 23.4 Å². The average Bonchev–Trinajstić information content (AvgIpc) is 1.57. The van der Waals surface area contributed by atoms with Crippen LogP contribution in [0.3, 0.4) is 0 Å². The molecule has 0 fully saturated rings. The first-order chi connectivity index (χ1) is 58.0. The maximum Gasteiger partial charge on any atom is 0.153 e. The van der Waals surface area contributed by atoms with Crippen molar-refractivity contribution in [2.24, 2.45) is 0 Å². The normalized spacial score (nSPS) is 11.6. The summed E-state index contributed by atoms with van der Waals surface area (Å²) in [6.45, 7) is 0. The molecule has 0 saturated heterocycles. The monoisotopic (exact) mass is 1490 g/mol. The van der Waals surface area contributed by atoms with Crippen LogP contribution in [0.25, 0.3) is 176 Å². The summed E-state index contributed by atoms with van der Waals surface area (Å²) < 4.78 is 10.9. The van der Waals surface area contributed by atoms with Gasteiger partial charge in [-0.05, 0) is 221 Å². The van der Waals surface area contributed by atoms with Gasteiger partial charge in [-0.15, -0.1) is 0 Å². The zero-order valence-corrected chi connectivity index (χ0v) is 63.8. The van der Waals surface area contributed by atoms with Crippen molar-refractivity contribution in [1.29, 1.82) is 0 Å². The molecule has 0 aliphatic carbocycles.